The van der Waals surface area contributed by atoms with Crippen molar-refractivity contribution in [3.8, 4) is 17.2 Å². The van der Waals surface area contributed by atoms with Crippen LogP contribution in [-0.4, -0.2) is 17.6 Å². The fraction of sp³-hybridized carbons (Fsp3) is 0.100. The molecule has 2 aromatic carbocycles. The molecule has 0 atom stereocenters. The van der Waals surface area contributed by atoms with Crippen LogP contribution < -0.4 is 14.2 Å². The predicted molar refractivity (Wildman–Crippen MR) is 100 cm³/mol. The second kappa shape index (κ2) is 9.01. The number of carbonyl (C=O) groups excluding carboxylic acids is 1. The quantitative estimate of drug-likeness (QED) is 0.424. The van der Waals surface area contributed by atoms with Gasteiger partial charge in [0.15, 0.2) is 12.4 Å². The molecule has 0 amide bonds. The number of ether oxygens (including phenoxy) is 3. The summed E-state index contributed by atoms with van der Waals surface area (Å²) in [7, 11) is 0. The van der Waals surface area contributed by atoms with E-state index in [0.717, 1.165) is 11.3 Å². The predicted octanol–water partition coefficient (Wildman–Crippen LogP) is 4.41. The van der Waals surface area contributed by atoms with Crippen LogP contribution >= 0.6 is 15.9 Å². The van der Waals surface area contributed by atoms with Crippen molar-refractivity contribution in [2.45, 2.75) is 6.61 Å². The molecular weight excluding hydrogens is 398 g/mol. The van der Waals surface area contributed by atoms with Crippen LogP contribution in [-0.2, 0) is 11.4 Å². The number of hydrogen-bond acceptors (Lipinski definition) is 5. The molecule has 26 heavy (non-hydrogen) atoms. The van der Waals surface area contributed by atoms with Crippen LogP contribution in [0.15, 0.2) is 77.5 Å². The maximum Gasteiger partial charge on any atom is 0.349 e. The van der Waals surface area contributed by atoms with Crippen molar-refractivity contribution >= 4 is 21.9 Å². The fourth-order valence-corrected chi connectivity index (χ4v) is 2.45. The van der Waals surface area contributed by atoms with Gasteiger partial charge in [0.2, 0.25) is 0 Å². The van der Waals surface area contributed by atoms with Crippen LogP contribution in [0, 0.1) is 0 Å². The lowest BCUT2D eigenvalue weighted by Gasteiger charge is -2.09. The van der Waals surface area contributed by atoms with E-state index in [-0.39, 0.29) is 6.61 Å². The number of nitrogens with zero attached hydrogens (tertiary/aromatic N) is 1. The molecule has 3 aromatic rings. The molecule has 0 radical (unpaired) electrons. The Balaban J connectivity index is 1.46. The van der Waals surface area contributed by atoms with Crippen LogP contribution in [0.2, 0.25) is 0 Å². The van der Waals surface area contributed by atoms with E-state index >= 15 is 0 Å². The van der Waals surface area contributed by atoms with Gasteiger partial charge < -0.3 is 14.2 Å². The molecule has 0 N–H and O–H groups in total. The Kier molecular flexibility index (Phi) is 6.22. The second-order valence-electron chi connectivity index (χ2n) is 5.30. The van der Waals surface area contributed by atoms with Gasteiger partial charge >= 0.3 is 5.97 Å². The van der Waals surface area contributed by atoms with Crippen molar-refractivity contribution in [2.75, 3.05) is 6.61 Å². The van der Waals surface area contributed by atoms with E-state index in [9.17, 15) is 4.79 Å². The van der Waals surface area contributed by atoms with E-state index in [2.05, 4.69) is 20.9 Å². The molecule has 0 aliphatic rings. The fourth-order valence-electron chi connectivity index (χ4n) is 2.11. The van der Waals surface area contributed by atoms with E-state index in [4.69, 9.17) is 14.2 Å². The highest BCUT2D eigenvalue weighted by atomic mass is 79.9. The third-order valence-corrected chi connectivity index (χ3v) is 3.97. The number of pyridine rings is 1. The zero-order chi connectivity index (χ0) is 18.2. The van der Waals surface area contributed by atoms with Crippen molar-refractivity contribution in [3.05, 3.63) is 83.1 Å². The first kappa shape index (κ1) is 17.9. The Labute approximate surface area is 159 Å². The molecule has 5 nitrogen and oxygen atoms in total. The van der Waals surface area contributed by atoms with Crippen molar-refractivity contribution in [3.63, 3.8) is 0 Å². The number of hydrogen-bond donors (Lipinski definition) is 0. The van der Waals surface area contributed by atoms with Crippen molar-refractivity contribution in [1.82, 2.24) is 4.98 Å². The van der Waals surface area contributed by atoms with Gasteiger partial charge in [0, 0.05) is 6.20 Å². The summed E-state index contributed by atoms with van der Waals surface area (Å²) in [6, 6.07) is 20.3. The molecule has 132 valence electrons. The summed E-state index contributed by atoms with van der Waals surface area (Å²) in [6.07, 6.45) is 1.60. The van der Waals surface area contributed by atoms with Crippen molar-refractivity contribution in [1.29, 1.82) is 0 Å². The molecule has 1 heterocycles. The molecule has 6 heteroatoms. The Morgan fingerprint density at radius 2 is 1.58 bits per heavy atom. The Morgan fingerprint density at radius 3 is 2.27 bits per heavy atom. The average molecular weight is 414 g/mol. The van der Waals surface area contributed by atoms with Gasteiger partial charge in [-0.3, -0.25) is 0 Å². The molecule has 0 fully saturated rings. The highest BCUT2D eigenvalue weighted by molar-refractivity contribution is 9.10. The van der Waals surface area contributed by atoms with Crippen LogP contribution in [0.4, 0.5) is 0 Å². The summed E-state index contributed by atoms with van der Waals surface area (Å²) >= 11 is 3.22. The Morgan fingerprint density at radius 1 is 0.885 bits per heavy atom. The normalized spacial score (nSPS) is 10.2. The molecule has 0 saturated carbocycles. The van der Waals surface area contributed by atoms with Gasteiger partial charge in [-0.2, -0.15) is 0 Å². The zero-order valence-corrected chi connectivity index (χ0v) is 15.4. The van der Waals surface area contributed by atoms with E-state index < -0.39 is 5.97 Å². The number of aromatic nitrogens is 1. The molecule has 3 rings (SSSR count). The SMILES string of the molecule is O=C(COc1ccc(OCc2ccccc2)cc1)Oc1cccnc1Br. The monoisotopic (exact) mass is 413 g/mol. The maximum atomic E-state index is 11.8. The first-order valence-electron chi connectivity index (χ1n) is 7.91. The smallest absolute Gasteiger partial charge is 0.349 e. The van der Waals surface area contributed by atoms with Gasteiger partial charge in [-0.05, 0) is 57.9 Å². The number of esters is 1. The number of benzene rings is 2. The van der Waals surface area contributed by atoms with Gasteiger partial charge in [-0.1, -0.05) is 30.3 Å². The molecule has 0 aliphatic carbocycles. The highest BCUT2D eigenvalue weighted by Crippen LogP contribution is 2.22. The molecule has 0 bridgehead atoms. The summed E-state index contributed by atoms with van der Waals surface area (Å²) in [5.74, 6) is 1.12. The third-order valence-electron chi connectivity index (χ3n) is 3.38. The lowest BCUT2D eigenvalue weighted by atomic mass is 10.2. The minimum absolute atomic E-state index is 0.203. The van der Waals surface area contributed by atoms with Gasteiger partial charge in [0.1, 0.15) is 22.7 Å². The van der Waals surface area contributed by atoms with Crippen LogP contribution in [0.5, 0.6) is 17.2 Å². The molecule has 0 unspecified atom stereocenters. The van der Waals surface area contributed by atoms with E-state index in [1.165, 1.54) is 0 Å². The molecule has 0 saturated heterocycles. The number of rotatable bonds is 7. The highest BCUT2D eigenvalue weighted by Gasteiger charge is 2.09. The topological polar surface area (TPSA) is 57.7 Å². The number of halogens is 1. The minimum Gasteiger partial charge on any atom is -0.489 e. The van der Waals surface area contributed by atoms with Gasteiger partial charge in [0.05, 0.1) is 0 Å². The Bertz CT molecular complexity index is 853. The summed E-state index contributed by atoms with van der Waals surface area (Å²) in [5, 5.41) is 0. The summed E-state index contributed by atoms with van der Waals surface area (Å²) in [6.45, 7) is 0.291. The Hall–Kier alpha value is -2.86. The summed E-state index contributed by atoms with van der Waals surface area (Å²) in [4.78, 5) is 15.8. The van der Waals surface area contributed by atoms with Crippen molar-refractivity contribution < 1.29 is 19.0 Å². The lowest BCUT2D eigenvalue weighted by Crippen LogP contribution is -2.18. The average Bonchev–Trinajstić information content (AvgIpc) is 2.68. The standard InChI is InChI=1S/C20H16BrNO4/c21-20-18(7-4-12-22-20)26-19(23)14-25-17-10-8-16(9-11-17)24-13-15-5-2-1-3-6-15/h1-12H,13-14H2. The van der Waals surface area contributed by atoms with Crippen LogP contribution in [0.3, 0.4) is 0 Å². The lowest BCUT2D eigenvalue weighted by molar-refractivity contribution is -0.136. The van der Waals surface area contributed by atoms with Crippen LogP contribution in [0.1, 0.15) is 5.56 Å². The summed E-state index contributed by atoms with van der Waals surface area (Å²) < 4.78 is 16.8. The van der Waals surface area contributed by atoms with Crippen LogP contribution in [0.25, 0.3) is 0 Å². The second-order valence-corrected chi connectivity index (χ2v) is 6.05. The zero-order valence-electron chi connectivity index (χ0n) is 13.8. The molecule has 0 spiro atoms. The maximum absolute atomic E-state index is 11.8. The van der Waals surface area contributed by atoms with E-state index in [1.54, 1.807) is 42.6 Å². The van der Waals surface area contributed by atoms with E-state index in [1.807, 2.05) is 30.3 Å². The molecule has 0 aliphatic heterocycles. The first-order valence-corrected chi connectivity index (χ1v) is 8.71. The minimum atomic E-state index is -0.511. The van der Waals surface area contributed by atoms with Gasteiger partial charge in [-0.25, -0.2) is 9.78 Å². The van der Waals surface area contributed by atoms with Crippen molar-refractivity contribution in [2.24, 2.45) is 0 Å². The van der Waals surface area contributed by atoms with Gasteiger partial charge in [0.25, 0.3) is 0 Å². The molecule has 1 aromatic heterocycles. The number of carbonyl (C=O) groups is 1. The van der Waals surface area contributed by atoms with E-state index in [0.29, 0.717) is 22.7 Å². The van der Waals surface area contributed by atoms with Gasteiger partial charge in [-0.15, -0.1) is 0 Å². The first-order chi connectivity index (χ1) is 12.7. The molecular formula is C20H16BrNO4. The summed E-state index contributed by atoms with van der Waals surface area (Å²) in [5.41, 5.74) is 1.09. The third kappa shape index (κ3) is 5.32. The largest absolute Gasteiger partial charge is 0.489 e.